The highest BCUT2D eigenvalue weighted by molar-refractivity contribution is 5.95. The third kappa shape index (κ3) is 2.58. The highest BCUT2D eigenvalue weighted by Crippen LogP contribution is 2.25. The number of nitrogens with zero attached hydrogens (tertiary/aromatic N) is 3. The monoisotopic (exact) mass is 289 g/mol. The Morgan fingerprint density at radius 1 is 1.38 bits per heavy atom. The minimum Gasteiger partial charge on any atom is -0.494 e. The van der Waals surface area contributed by atoms with Crippen LogP contribution in [0.3, 0.4) is 0 Å². The molecule has 1 N–H and O–H groups in total. The molecule has 1 aliphatic heterocycles. The highest BCUT2D eigenvalue weighted by Gasteiger charge is 2.21. The lowest BCUT2D eigenvalue weighted by Gasteiger charge is -2.25. The van der Waals surface area contributed by atoms with Gasteiger partial charge in [-0.25, -0.2) is 9.78 Å². The second-order valence-electron chi connectivity index (χ2n) is 5.31. The maximum Gasteiger partial charge on any atom is 0.356 e. The van der Waals surface area contributed by atoms with E-state index < -0.39 is 5.97 Å². The topological polar surface area (TPSA) is 67.1 Å². The standard InChI is InChI=1S/C15H19N3O3/c1-21-11-6-5-9-18-12(10-17-7-3-2-4-8-17)16-13(14(11)18)15(19)20/h5-6,9H,2-4,7-8,10H2,1H3,(H,19,20). The van der Waals surface area contributed by atoms with Crippen molar-refractivity contribution in [2.75, 3.05) is 20.2 Å². The fourth-order valence-corrected chi connectivity index (χ4v) is 2.91. The summed E-state index contributed by atoms with van der Waals surface area (Å²) in [5.74, 6) is 0.261. The number of pyridine rings is 1. The van der Waals surface area contributed by atoms with Gasteiger partial charge in [0.15, 0.2) is 5.69 Å². The molecule has 1 aliphatic rings. The number of aromatic carboxylic acids is 1. The van der Waals surface area contributed by atoms with Crippen molar-refractivity contribution in [2.45, 2.75) is 25.8 Å². The lowest BCUT2D eigenvalue weighted by atomic mass is 10.1. The summed E-state index contributed by atoms with van der Waals surface area (Å²) >= 11 is 0. The number of methoxy groups -OCH3 is 1. The van der Waals surface area contributed by atoms with Gasteiger partial charge in [0.05, 0.1) is 13.7 Å². The Labute approximate surface area is 123 Å². The summed E-state index contributed by atoms with van der Waals surface area (Å²) in [6.45, 7) is 2.75. The van der Waals surface area contributed by atoms with Crippen molar-refractivity contribution in [3.63, 3.8) is 0 Å². The number of imidazole rings is 1. The molecule has 0 atom stereocenters. The molecule has 21 heavy (non-hydrogen) atoms. The van der Waals surface area contributed by atoms with Crippen LogP contribution >= 0.6 is 0 Å². The van der Waals surface area contributed by atoms with E-state index in [1.54, 1.807) is 6.07 Å². The number of hydrogen-bond acceptors (Lipinski definition) is 4. The Kier molecular flexibility index (Phi) is 3.79. The van der Waals surface area contributed by atoms with Crippen LogP contribution in [0.15, 0.2) is 18.3 Å². The molecule has 0 radical (unpaired) electrons. The van der Waals surface area contributed by atoms with Crippen LogP contribution in [0.4, 0.5) is 0 Å². The quantitative estimate of drug-likeness (QED) is 0.932. The lowest BCUT2D eigenvalue weighted by Crippen LogP contribution is -2.29. The minimum absolute atomic E-state index is 0.0551. The molecule has 0 aromatic carbocycles. The molecule has 3 rings (SSSR count). The van der Waals surface area contributed by atoms with Gasteiger partial charge in [-0.1, -0.05) is 6.42 Å². The number of hydrogen-bond donors (Lipinski definition) is 1. The van der Waals surface area contributed by atoms with Crippen LogP contribution in [0.1, 0.15) is 35.6 Å². The van der Waals surface area contributed by atoms with Gasteiger partial charge in [0, 0.05) is 6.20 Å². The van der Waals surface area contributed by atoms with Crippen molar-refractivity contribution in [1.29, 1.82) is 0 Å². The second-order valence-corrected chi connectivity index (χ2v) is 5.31. The van der Waals surface area contributed by atoms with Gasteiger partial charge in [0.1, 0.15) is 17.1 Å². The molecule has 0 bridgehead atoms. The van der Waals surface area contributed by atoms with E-state index in [-0.39, 0.29) is 5.69 Å². The number of aromatic nitrogens is 2. The maximum absolute atomic E-state index is 11.4. The molecule has 0 spiro atoms. The van der Waals surface area contributed by atoms with E-state index in [9.17, 15) is 9.90 Å². The molecule has 2 aromatic rings. The molecule has 0 unspecified atom stereocenters. The van der Waals surface area contributed by atoms with Gasteiger partial charge >= 0.3 is 5.97 Å². The van der Waals surface area contributed by atoms with Gasteiger partial charge in [0.2, 0.25) is 0 Å². The molecule has 1 saturated heterocycles. The summed E-state index contributed by atoms with van der Waals surface area (Å²) in [4.78, 5) is 18.1. The van der Waals surface area contributed by atoms with E-state index in [1.165, 1.54) is 26.4 Å². The number of likely N-dealkylation sites (tertiary alicyclic amines) is 1. The predicted octanol–water partition coefficient (Wildman–Crippen LogP) is 2.03. The first-order valence-corrected chi connectivity index (χ1v) is 7.20. The van der Waals surface area contributed by atoms with Crippen molar-refractivity contribution in [2.24, 2.45) is 0 Å². The normalized spacial score (nSPS) is 16.2. The zero-order valence-electron chi connectivity index (χ0n) is 12.1. The van der Waals surface area contributed by atoms with Crippen LogP contribution in [-0.2, 0) is 6.54 Å². The summed E-state index contributed by atoms with van der Waals surface area (Å²) in [5.41, 5.74) is 0.582. The highest BCUT2D eigenvalue weighted by atomic mass is 16.5. The SMILES string of the molecule is COc1cccn2c(CN3CCCCC3)nc(C(=O)O)c12. The molecule has 2 aromatic heterocycles. The Morgan fingerprint density at radius 2 is 2.14 bits per heavy atom. The summed E-state index contributed by atoms with van der Waals surface area (Å²) in [6.07, 6.45) is 5.50. The van der Waals surface area contributed by atoms with Crippen molar-refractivity contribution in [3.05, 3.63) is 29.8 Å². The Morgan fingerprint density at radius 3 is 2.81 bits per heavy atom. The van der Waals surface area contributed by atoms with Gasteiger partial charge in [0.25, 0.3) is 0 Å². The molecular weight excluding hydrogens is 270 g/mol. The summed E-state index contributed by atoms with van der Waals surface area (Å²) in [5, 5.41) is 9.38. The van der Waals surface area contributed by atoms with Gasteiger partial charge in [-0.2, -0.15) is 0 Å². The first-order chi connectivity index (χ1) is 10.2. The summed E-state index contributed by atoms with van der Waals surface area (Å²) in [6, 6.07) is 3.60. The van der Waals surface area contributed by atoms with Crippen molar-refractivity contribution in [3.8, 4) is 5.75 Å². The minimum atomic E-state index is -1.03. The van der Waals surface area contributed by atoms with Gasteiger partial charge < -0.3 is 9.84 Å². The third-order valence-corrected chi connectivity index (χ3v) is 3.94. The van der Waals surface area contributed by atoms with E-state index in [4.69, 9.17) is 4.74 Å². The molecule has 0 aliphatic carbocycles. The molecule has 1 fully saturated rings. The molecule has 3 heterocycles. The van der Waals surface area contributed by atoms with E-state index in [2.05, 4.69) is 9.88 Å². The van der Waals surface area contributed by atoms with Crippen LogP contribution in [0, 0.1) is 0 Å². The van der Waals surface area contributed by atoms with E-state index in [0.29, 0.717) is 17.8 Å². The average Bonchev–Trinajstić information content (AvgIpc) is 2.87. The second kappa shape index (κ2) is 5.73. The van der Waals surface area contributed by atoms with Crippen molar-refractivity contribution < 1.29 is 14.6 Å². The van der Waals surface area contributed by atoms with Crippen LogP contribution < -0.4 is 4.74 Å². The zero-order valence-corrected chi connectivity index (χ0v) is 12.1. The number of carbonyl (C=O) groups is 1. The Bertz CT molecular complexity index is 659. The largest absolute Gasteiger partial charge is 0.494 e. The van der Waals surface area contributed by atoms with Crippen molar-refractivity contribution >= 4 is 11.5 Å². The number of piperidine rings is 1. The maximum atomic E-state index is 11.4. The molecule has 6 nitrogen and oxygen atoms in total. The van der Waals surface area contributed by atoms with Crippen LogP contribution in [-0.4, -0.2) is 45.6 Å². The Hall–Kier alpha value is -2.08. The number of fused-ring (bicyclic) bond motifs is 1. The van der Waals surface area contributed by atoms with E-state index >= 15 is 0 Å². The van der Waals surface area contributed by atoms with Gasteiger partial charge in [-0.05, 0) is 38.1 Å². The van der Waals surface area contributed by atoms with Gasteiger partial charge in [-0.3, -0.25) is 9.30 Å². The number of carboxylic acid groups (broad SMARTS) is 1. The third-order valence-electron chi connectivity index (χ3n) is 3.94. The Balaban J connectivity index is 2.04. The predicted molar refractivity (Wildman–Crippen MR) is 77.8 cm³/mol. The number of carboxylic acids is 1. The molecule has 0 saturated carbocycles. The smallest absolute Gasteiger partial charge is 0.356 e. The van der Waals surface area contributed by atoms with E-state index in [1.807, 2.05) is 16.7 Å². The lowest BCUT2D eigenvalue weighted by molar-refractivity contribution is 0.0692. The average molecular weight is 289 g/mol. The zero-order chi connectivity index (χ0) is 14.8. The molecule has 0 amide bonds. The van der Waals surface area contributed by atoms with Crippen LogP contribution in [0.25, 0.3) is 5.52 Å². The molecule has 6 heteroatoms. The fraction of sp³-hybridized carbons (Fsp3) is 0.467. The first kappa shape index (κ1) is 13.9. The summed E-state index contributed by atoms with van der Waals surface area (Å²) in [7, 11) is 1.54. The molecule has 112 valence electrons. The van der Waals surface area contributed by atoms with Crippen LogP contribution in [0.5, 0.6) is 5.75 Å². The number of rotatable bonds is 4. The van der Waals surface area contributed by atoms with Crippen LogP contribution in [0.2, 0.25) is 0 Å². The van der Waals surface area contributed by atoms with Crippen molar-refractivity contribution in [1.82, 2.24) is 14.3 Å². The van der Waals surface area contributed by atoms with Gasteiger partial charge in [-0.15, -0.1) is 0 Å². The fourth-order valence-electron chi connectivity index (χ4n) is 2.91. The summed E-state index contributed by atoms with van der Waals surface area (Å²) < 4.78 is 7.11. The number of ether oxygens (including phenoxy) is 1. The first-order valence-electron chi connectivity index (χ1n) is 7.20. The van der Waals surface area contributed by atoms with E-state index in [0.717, 1.165) is 18.9 Å². The molecular formula is C15H19N3O3.